The number of nitrogens with two attached hydrogens (primary N) is 1. The zero-order valence-corrected chi connectivity index (χ0v) is 11.4. The molecule has 0 fully saturated rings. The smallest absolute Gasteiger partial charge is 0.224 e. The van der Waals surface area contributed by atoms with Crippen LogP contribution in [-0.4, -0.2) is 36.8 Å². The SMILES string of the molecule is CC(C)(CNCC(O)COCc1ccco1)C(N)=O. The van der Waals surface area contributed by atoms with Gasteiger partial charge in [-0.2, -0.15) is 0 Å². The lowest BCUT2D eigenvalue weighted by molar-refractivity contribution is -0.125. The van der Waals surface area contributed by atoms with Gasteiger partial charge in [0.05, 0.1) is 24.4 Å². The molecule has 0 spiro atoms. The van der Waals surface area contributed by atoms with E-state index in [9.17, 15) is 9.90 Å². The van der Waals surface area contributed by atoms with Crippen LogP contribution >= 0.6 is 0 Å². The zero-order chi connectivity index (χ0) is 14.3. The normalized spacial score (nSPS) is 13.4. The van der Waals surface area contributed by atoms with Gasteiger partial charge in [-0.1, -0.05) is 0 Å². The molecule has 0 radical (unpaired) electrons. The molecule has 0 bridgehead atoms. The van der Waals surface area contributed by atoms with Crippen LogP contribution < -0.4 is 11.1 Å². The van der Waals surface area contributed by atoms with Crippen LogP contribution in [0.1, 0.15) is 19.6 Å². The van der Waals surface area contributed by atoms with E-state index in [1.54, 1.807) is 32.2 Å². The van der Waals surface area contributed by atoms with Crippen LogP contribution in [0.3, 0.4) is 0 Å². The average Bonchev–Trinajstić information content (AvgIpc) is 2.81. The summed E-state index contributed by atoms with van der Waals surface area (Å²) >= 11 is 0. The minimum atomic E-state index is -0.640. The van der Waals surface area contributed by atoms with Gasteiger partial charge >= 0.3 is 0 Å². The second-order valence-corrected chi connectivity index (χ2v) is 5.13. The van der Waals surface area contributed by atoms with Crippen molar-refractivity contribution in [2.24, 2.45) is 11.1 Å². The Hall–Kier alpha value is -1.37. The molecule has 1 rings (SSSR count). The van der Waals surface area contributed by atoms with Crippen molar-refractivity contribution in [1.82, 2.24) is 5.32 Å². The summed E-state index contributed by atoms with van der Waals surface area (Å²) in [5.74, 6) is 0.346. The number of hydrogen-bond donors (Lipinski definition) is 3. The standard InChI is InChI=1S/C13H22N2O4/c1-13(2,12(14)17)9-15-6-10(16)7-18-8-11-4-3-5-19-11/h3-5,10,15-16H,6-9H2,1-2H3,(H2,14,17). The molecule has 0 aliphatic rings. The van der Waals surface area contributed by atoms with Crippen LogP contribution in [0, 0.1) is 5.41 Å². The molecule has 0 aliphatic heterocycles. The van der Waals surface area contributed by atoms with Gasteiger partial charge < -0.3 is 25.3 Å². The molecule has 1 atom stereocenters. The Bertz CT molecular complexity index is 376. The molecule has 1 unspecified atom stereocenters. The first-order valence-corrected chi connectivity index (χ1v) is 6.20. The van der Waals surface area contributed by atoms with E-state index in [-0.39, 0.29) is 12.5 Å². The topological polar surface area (TPSA) is 97.7 Å². The molecule has 1 aromatic rings. The Labute approximate surface area is 112 Å². The highest BCUT2D eigenvalue weighted by atomic mass is 16.5. The maximum atomic E-state index is 11.1. The minimum Gasteiger partial charge on any atom is -0.467 e. The summed E-state index contributed by atoms with van der Waals surface area (Å²) in [7, 11) is 0. The Morgan fingerprint density at radius 1 is 1.63 bits per heavy atom. The van der Waals surface area contributed by atoms with Gasteiger partial charge in [0.1, 0.15) is 12.4 Å². The molecule has 108 valence electrons. The minimum absolute atomic E-state index is 0.199. The number of nitrogens with one attached hydrogen (secondary N) is 1. The van der Waals surface area contributed by atoms with Crippen LogP contribution in [0.15, 0.2) is 22.8 Å². The molecule has 0 saturated carbocycles. The Balaban J connectivity index is 2.11. The zero-order valence-electron chi connectivity index (χ0n) is 11.4. The number of carbonyl (C=O) groups is 1. The van der Waals surface area contributed by atoms with Crippen molar-refractivity contribution in [2.45, 2.75) is 26.6 Å². The van der Waals surface area contributed by atoms with Crippen LogP contribution in [0.5, 0.6) is 0 Å². The maximum Gasteiger partial charge on any atom is 0.224 e. The number of furan rings is 1. The second-order valence-electron chi connectivity index (χ2n) is 5.13. The average molecular weight is 270 g/mol. The number of ether oxygens (including phenoxy) is 1. The van der Waals surface area contributed by atoms with E-state index in [0.717, 1.165) is 5.76 Å². The fraction of sp³-hybridized carbons (Fsp3) is 0.615. The molecule has 4 N–H and O–H groups in total. The van der Waals surface area contributed by atoms with Gasteiger partial charge in [0, 0.05) is 13.1 Å². The van der Waals surface area contributed by atoms with Crippen molar-refractivity contribution in [3.8, 4) is 0 Å². The number of primary amides is 1. The lowest BCUT2D eigenvalue weighted by Crippen LogP contribution is -2.43. The number of hydrogen-bond acceptors (Lipinski definition) is 5. The second kappa shape index (κ2) is 7.28. The molecule has 0 aromatic carbocycles. The lowest BCUT2D eigenvalue weighted by atomic mass is 9.93. The summed E-state index contributed by atoms with van der Waals surface area (Å²) in [5.41, 5.74) is 4.61. The Kier molecular flexibility index (Phi) is 6.01. The number of aliphatic hydroxyl groups is 1. The maximum absolute atomic E-state index is 11.1. The van der Waals surface area contributed by atoms with E-state index in [4.69, 9.17) is 14.9 Å². The van der Waals surface area contributed by atoms with Gasteiger partial charge in [-0.3, -0.25) is 4.79 Å². The van der Waals surface area contributed by atoms with Crippen LogP contribution in [0.25, 0.3) is 0 Å². The molecule has 0 saturated heterocycles. The van der Waals surface area contributed by atoms with Crippen LogP contribution in [-0.2, 0) is 16.1 Å². The Morgan fingerprint density at radius 2 is 2.37 bits per heavy atom. The van der Waals surface area contributed by atoms with Crippen LogP contribution in [0.2, 0.25) is 0 Å². The van der Waals surface area contributed by atoms with Crippen molar-refractivity contribution >= 4 is 5.91 Å². The number of aliphatic hydroxyl groups excluding tert-OH is 1. The van der Waals surface area contributed by atoms with Crippen molar-refractivity contribution in [3.63, 3.8) is 0 Å². The summed E-state index contributed by atoms with van der Waals surface area (Å²) in [6, 6.07) is 3.59. The molecule has 1 heterocycles. The van der Waals surface area contributed by atoms with E-state index >= 15 is 0 Å². The van der Waals surface area contributed by atoms with E-state index in [2.05, 4.69) is 5.32 Å². The summed E-state index contributed by atoms with van der Waals surface area (Å²) in [6.45, 7) is 4.79. The van der Waals surface area contributed by atoms with Crippen molar-refractivity contribution in [1.29, 1.82) is 0 Å². The Morgan fingerprint density at radius 3 is 2.95 bits per heavy atom. The third kappa shape index (κ3) is 5.87. The fourth-order valence-electron chi connectivity index (χ4n) is 1.39. The quantitative estimate of drug-likeness (QED) is 0.598. The molecular weight excluding hydrogens is 248 g/mol. The molecular formula is C13H22N2O4. The van der Waals surface area contributed by atoms with Gasteiger partial charge in [0.2, 0.25) is 5.91 Å². The van der Waals surface area contributed by atoms with E-state index in [1.807, 2.05) is 0 Å². The van der Waals surface area contributed by atoms with Gasteiger partial charge in [0.15, 0.2) is 0 Å². The van der Waals surface area contributed by atoms with Crippen LogP contribution in [0.4, 0.5) is 0 Å². The van der Waals surface area contributed by atoms with Crippen molar-refractivity contribution in [2.75, 3.05) is 19.7 Å². The molecule has 1 amide bonds. The summed E-state index contributed by atoms with van der Waals surface area (Å²) in [6.07, 6.45) is 0.932. The predicted octanol–water partition coefficient (Wildman–Crippen LogP) is 0.258. The van der Waals surface area contributed by atoms with Gasteiger partial charge in [-0.25, -0.2) is 0 Å². The third-order valence-corrected chi connectivity index (χ3v) is 2.75. The van der Waals surface area contributed by atoms with E-state index < -0.39 is 11.5 Å². The van der Waals surface area contributed by atoms with Gasteiger partial charge in [-0.15, -0.1) is 0 Å². The fourth-order valence-corrected chi connectivity index (χ4v) is 1.39. The lowest BCUT2D eigenvalue weighted by Gasteiger charge is -2.21. The summed E-state index contributed by atoms with van der Waals surface area (Å²) < 4.78 is 10.4. The van der Waals surface area contributed by atoms with Gasteiger partial charge in [-0.05, 0) is 26.0 Å². The number of carbonyl (C=O) groups excluding carboxylic acids is 1. The molecule has 1 aromatic heterocycles. The molecule has 6 nitrogen and oxygen atoms in total. The first-order valence-electron chi connectivity index (χ1n) is 6.20. The first-order chi connectivity index (χ1) is 8.92. The largest absolute Gasteiger partial charge is 0.467 e. The molecule has 6 heteroatoms. The first kappa shape index (κ1) is 15.7. The van der Waals surface area contributed by atoms with E-state index in [0.29, 0.717) is 19.7 Å². The monoisotopic (exact) mass is 270 g/mol. The van der Waals surface area contributed by atoms with Crippen molar-refractivity contribution < 1.29 is 19.1 Å². The summed E-state index contributed by atoms with van der Waals surface area (Å²) in [4.78, 5) is 11.1. The number of amides is 1. The van der Waals surface area contributed by atoms with Crippen molar-refractivity contribution in [3.05, 3.63) is 24.2 Å². The van der Waals surface area contributed by atoms with Gasteiger partial charge in [0.25, 0.3) is 0 Å². The highest BCUT2D eigenvalue weighted by molar-refractivity contribution is 5.80. The number of rotatable bonds is 9. The highest BCUT2D eigenvalue weighted by Crippen LogP contribution is 2.11. The third-order valence-electron chi connectivity index (χ3n) is 2.75. The van der Waals surface area contributed by atoms with E-state index in [1.165, 1.54) is 0 Å². The summed E-state index contributed by atoms with van der Waals surface area (Å²) in [5, 5.41) is 12.7. The highest BCUT2D eigenvalue weighted by Gasteiger charge is 2.24. The predicted molar refractivity (Wildman–Crippen MR) is 70.2 cm³/mol. The molecule has 19 heavy (non-hydrogen) atoms. The molecule has 0 aliphatic carbocycles.